The van der Waals surface area contributed by atoms with Gasteiger partial charge in [-0.15, -0.1) is 0 Å². The van der Waals surface area contributed by atoms with E-state index >= 15 is 0 Å². The molecule has 0 aliphatic carbocycles. The first-order valence-corrected chi connectivity index (χ1v) is 11.7. The summed E-state index contributed by atoms with van der Waals surface area (Å²) < 4.78 is 32.8. The zero-order valence-electron chi connectivity index (χ0n) is 16.8. The number of nitrogens with zero attached hydrogens (tertiary/aromatic N) is 1. The number of halogens is 2. The third-order valence-corrected chi connectivity index (χ3v) is 6.22. The van der Waals surface area contributed by atoms with Crippen molar-refractivity contribution in [3.05, 3.63) is 80.8 Å². The van der Waals surface area contributed by atoms with Crippen LogP contribution >= 0.6 is 35.4 Å². The van der Waals surface area contributed by atoms with Crippen LogP contribution in [0.4, 0.5) is 22.7 Å². The fourth-order valence-corrected chi connectivity index (χ4v) is 4.52. The second-order valence-electron chi connectivity index (χ2n) is 6.51. The fourth-order valence-electron chi connectivity index (χ4n) is 2.73. The van der Waals surface area contributed by atoms with Crippen LogP contribution in [0.1, 0.15) is 0 Å². The van der Waals surface area contributed by atoms with Crippen molar-refractivity contribution in [2.24, 2.45) is 0 Å². The molecule has 0 saturated carbocycles. The number of rotatable bonds is 7. The van der Waals surface area contributed by atoms with E-state index in [-0.39, 0.29) is 27.1 Å². The monoisotopic (exact) mass is 526 g/mol. The van der Waals surface area contributed by atoms with E-state index in [1.807, 2.05) is 0 Å². The van der Waals surface area contributed by atoms with Crippen molar-refractivity contribution in [1.82, 2.24) is 0 Å². The van der Waals surface area contributed by atoms with Crippen LogP contribution < -0.4 is 20.1 Å². The zero-order chi connectivity index (χ0) is 24.2. The summed E-state index contributed by atoms with van der Waals surface area (Å²) in [5.74, 6) is 0.238. The molecule has 3 aromatic rings. The quantitative estimate of drug-likeness (QED) is 0.209. The highest BCUT2D eigenvalue weighted by atomic mass is 35.5. The first kappa shape index (κ1) is 24.5. The highest BCUT2D eigenvalue weighted by Crippen LogP contribution is 2.29. The lowest BCUT2D eigenvalue weighted by molar-refractivity contribution is -0.384. The van der Waals surface area contributed by atoms with Crippen molar-refractivity contribution in [2.45, 2.75) is 4.90 Å². The Morgan fingerprint density at radius 3 is 2.18 bits per heavy atom. The van der Waals surface area contributed by atoms with Gasteiger partial charge in [-0.2, -0.15) is 0 Å². The Balaban J connectivity index is 1.69. The molecule has 0 spiro atoms. The molecule has 0 heterocycles. The Hall–Kier alpha value is -3.12. The van der Waals surface area contributed by atoms with Crippen LogP contribution in [0.2, 0.25) is 10.0 Å². The van der Waals surface area contributed by atoms with Gasteiger partial charge in [0.1, 0.15) is 5.75 Å². The maximum absolute atomic E-state index is 12.6. The van der Waals surface area contributed by atoms with Crippen LogP contribution in [0.25, 0.3) is 0 Å². The number of hydrogen-bond acceptors (Lipinski definition) is 6. The third kappa shape index (κ3) is 6.45. The molecule has 0 aliphatic rings. The van der Waals surface area contributed by atoms with E-state index in [0.29, 0.717) is 21.4 Å². The number of nitro benzene ring substituents is 1. The third-order valence-electron chi connectivity index (χ3n) is 4.18. The van der Waals surface area contributed by atoms with Gasteiger partial charge in [-0.25, -0.2) is 8.42 Å². The van der Waals surface area contributed by atoms with Crippen LogP contribution in [0.3, 0.4) is 0 Å². The molecule has 0 aromatic heterocycles. The Morgan fingerprint density at radius 2 is 1.61 bits per heavy atom. The van der Waals surface area contributed by atoms with Gasteiger partial charge in [-0.05, 0) is 60.7 Å². The molecule has 33 heavy (non-hydrogen) atoms. The molecular formula is C20H16Cl2N4O5S2. The standard InChI is InChI=1S/C20H16Cl2N4O5S2/c1-31-19-11-16(26(27)28)4-7-18(19)24-20(32)23-14-2-5-17(6-3-14)33(29,30)25-15-9-12(21)8-13(22)10-15/h2-11,25H,1H3,(H2,23,24,32). The SMILES string of the molecule is COc1cc([N+](=O)[O-])ccc1NC(=S)Nc1ccc(S(=O)(=O)Nc2cc(Cl)cc(Cl)c2)cc1. The predicted molar refractivity (Wildman–Crippen MR) is 133 cm³/mol. The van der Waals surface area contributed by atoms with E-state index in [1.165, 1.54) is 67.8 Å². The number of hydrogen-bond donors (Lipinski definition) is 3. The van der Waals surface area contributed by atoms with Crippen molar-refractivity contribution in [1.29, 1.82) is 0 Å². The van der Waals surface area contributed by atoms with Crippen molar-refractivity contribution in [3.63, 3.8) is 0 Å². The Kier molecular flexibility index (Phi) is 7.59. The number of benzene rings is 3. The minimum atomic E-state index is -3.88. The Labute approximate surface area is 204 Å². The molecule has 13 heteroatoms. The van der Waals surface area contributed by atoms with Gasteiger partial charge in [0.05, 0.1) is 34.4 Å². The summed E-state index contributed by atoms with van der Waals surface area (Å²) in [5, 5.41) is 17.5. The average Bonchev–Trinajstić information content (AvgIpc) is 2.73. The van der Waals surface area contributed by atoms with Gasteiger partial charge in [-0.3, -0.25) is 14.8 Å². The number of anilines is 3. The van der Waals surface area contributed by atoms with Crippen LogP contribution in [0.15, 0.2) is 65.6 Å². The molecular weight excluding hydrogens is 511 g/mol. The summed E-state index contributed by atoms with van der Waals surface area (Å²) in [5.41, 5.74) is 1.04. The van der Waals surface area contributed by atoms with E-state index in [0.717, 1.165) is 0 Å². The molecule has 3 N–H and O–H groups in total. The van der Waals surface area contributed by atoms with Gasteiger partial charge in [-0.1, -0.05) is 23.2 Å². The Morgan fingerprint density at radius 1 is 0.970 bits per heavy atom. The van der Waals surface area contributed by atoms with Gasteiger partial charge in [0.2, 0.25) is 0 Å². The van der Waals surface area contributed by atoms with E-state index < -0.39 is 14.9 Å². The predicted octanol–water partition coefficient (Wildman–Crippen LogP) is 5.52. The first-order chi connectivity index (χ1) is 15.6. The molecule has 172 valence electrons. The summed E-state index contributed by atoms with van der Waals surface area (Å²) in [6.45, 7) is 0. The van der Waals surface area contributed by atoms with Crippen molar-refractivity contribution >= 4 is 73.3 Å². The van der Waals surface area contributed by atoms with Gasteiger partial charge in [0.15, 0.2) is 5.11 Å². The second-order valence-corrected chi connectivity index (χ2v) is 9.47. The molecule has 0 bridgehead atoms. The van der Waals surface area contributed by atoms with Crippen molar-refractivity contribution in [3.8, 4) is 5.75 Å². The van der Waals surface area contributed by atoms with Gasteiger partial charge in [0.25, 0.3) is 15.7 Å². The molecule has 0 unspecified atom stereocenters. The number of thiocarbonyl (C=S) groups is 1. The van der Waals surface area contributed by atoms with E-state index in [1.54, 1.807) is 0 Å². The number of methoxy groups -OCH3 is 1. The molecule has 0 saturated heterocycles. The zero-order valence-corrected chi connectivity index (χ0v) is 20.0. The molecule has 3 rings (SSSR count). The maximum Gasteiger partial charge on any atom is 0.273 e. The Bertz CT molecular complexity index is 1300. The summed E-state index contributed by atoms with van der Waals surface area (Å²) in [6.07, 6.45) is 0. The van der Waals surface area contributed by atoms with Crippen LogP contribution in [-0.4, -0.2) is 25.6 Å². The summed E-state index contributed by atoms with van der Waals surface area (Å²) in [4.78, 5) is 10.4. The molecule has 0 amide bonds. The summed E-state index contributed by atoms with van der Waals surface area (Å²) in [6, 6.07) is 14.3. The molecule has 3 aromatic carbocycles. The fraction of sp³-hybridized carbons (Fsp3) is 0.0500. The van der Waals surface area contributed by atoms with Crippen LogP contribution in [0.5, 0.6) is 5.75 Å². The van der Waals surface area contributed by atoms with Crippen LogP contribution in [0, 0.1) is 10.1 Å². The molecule has 0 radical (unpaired) electrons. The second kappa shape index (κ2) is 10.2. The number of nitrogens with one attached hydrogen (secondary N) is 3. The van der Waals surface area contributed by atoms with Crippen molar-refractivity contribution in [2.75, 3.05) is 22.5 Å². The van der Waals surface area contributed by atoms with Crippen LogP contribution in [-0.2, 0) is 10.0 Å². The number of non-ortho nitro benzene ring substituents is 1. The molecule has 0 atom stereocenters. The number of sulfonamides is 1. The van der Waals surface area contributed by atoms with Gasteiger partial charge in [0, 0.05) is 21.8 Å². The lowest BCUT2D eigenvalue weighted by Gasteiger charge is -2.14. The average molecular weight is 527 g/mol. The number of nitro groups is 1. The van der Waals surface area contributed by atoms with E-state index in [9.17, 15) is 18.5 Å². The largest absolute Gasteiger partial charge is 0.494 e. The molecule has 0 fully saturated rings. The smallest absolute Gasteiger partial charge is 0.273 e. The minimum Gasteiger partial charge on any atom is -0.494 e. The highest BCUT2D eigenvalue weighted by Gasteiger charge is 2.16. The first-order valence-electron chi connectivity index (χ1n) is 9.07. The molecule has 9 nitrogen and oxygen atoms in total. The van der Waals surface area contributed by atoms with Gasteiger partial charge >= 0.3 is 0 Å². The highest BCUT2D eigenvalue weighted by molar-refractivity contribution is 7.92. The summed E-state index contributed by atoms with van der Waals surface area (Å²) in [7, 11) is -2.50. The number of ether oxygens (including phenoxy) is 1. The van der Waals surface area contributed by atoms with E-state index in [2.05, 4.69) is 15.4 Å². The topological polar surface area (TPSA) is 123 Å². The lowest BCUT2D eigenvalue weighted by atomic mass is 10.2. The maximum atomic E-state index is 12.6. The van der Waals surface area contributed by atoms with E-state index in [4.69, 9.17) is 40.2 Å². The lowest BCUT2D eigenvalue weighted by Crippen LogP contribution is -2.19. The molecule has 0 aliphatic heterocycles. The van der Waals surface area contributed by atoms with Crippen molar-refractivity contribution < 1.29 is 18.1 Å². The van der Waals surface area contributed by atoms with Gasteiger partial charge < -0.3 is 15.4 Å². The normalized spacial score (nSPS) is 10.9. The minimum absolute atomic E-state index is 0.0139. The summed E-state index contributed by atoms with van der Waals surface area (Å²) >= 11 is 17.1.